The zero-order valence-electron chi connectivity index (χ0n) is 11.1. The molecule has 21 heavy (non-hydrogen) atoms. The summed E-state index contributed by atoms with van der Waals surface area (Å²) in [6, 6.07) is 3.09. The number of carbonyl (C=O) groups excluding carboxylic acids is 3. The Bertz CT molecular complexity index is 577. The van der Waals surface area contributed by atoms with Crippen LogP contribution in [0.4, 0.5) is 0 Å². The third-order valence-corrected chi connectivity index (χ3v) is 3.23. The first-order valence-corrected chi connectivity index (χ1v) is 6.45. The Morgan fingerprint density at radius 3 is 2.52 bits per heavy atom. The van der Waals surface area contributed by atoms with E-state index >= 15 is 0 Å². The minimum atomic E-state index is -1.62. The van der Waals surface area contributed by atoms with Gasteiger partial charge < -0.3 is 29.9 Å². The largest absolute Gasteiger partial charge is 0.545 e. The summed E-state index contributed by atoms with van der Waals surface area (Å²) in [6.07, 6.45) is 1.67. The van der Waals surface area contributed by atoms with Gasteiger partial charge in [0, 0.05) is 24.3 Å². The fourth-order valence-electron chi connectivity index (χ4n) is 2.15. The fourth-order valence-corrected chi connectivity index (χ4v) is 2.15. The van der Waals surface area contributed by atoms with Crippen LogP contribution >= 0.6 is 0 Å². The van der Waals surface area contributed by atoms with E-state index < -0.39 is 23.4 Å². The highest BCUT2D eigenvalue weighted by atomic mass is 16.5. The van der Waals surface area contributed by atoms with Gasteiger partial charge in [0.2, 0.25) is 0 Å². The number of ether oxygens (including phenoxy) is 1. The van der Waals surface area contributed by atoms with Gasteiger partial charge in [-0.25, -0.2) is 0 Å². The monoisotopic (exact) mass is 291 g/mol. The van der Waals surface area contributed by atoms with E-state index in [2.05, 4.69) is 5.32 Å². The van der Waals surface area contributed by atoms with Crippen molar-refractivity contribution < 1.29 is 29.3 Å². The van der Waals surface area contributed by atoms with Gasteiger partial charge in [0.05, 0.1) is 18.0 Å². The van der Waals surface area contributed by atoms with Gasteiger partial charge in [-0.3, -0.25) is 4.79 Å². The Hall–Kier alpha value is -2.41. The maximum atomic E-state index is 12.0. The highest BCUT2D eigenvalue weighted by molar-refractivity contribution is 6.05. The number of rotatable bonds is 5. The van der Waals surface area contributed by atoms with Crippen LogP contribution in [0.25, 0.3) is 0 Å². The lowest BCUT2D eigenvalue weighted by Crippen LogP contribution is -2.34. The van der Waals surface area contributed by atoms with Crippen LogP contribution in [0.5, 0.6) is 0 Å². The first kappa shape index (κ1) is 15.0. The second-order valence-corrected chi connectivity index (χ2v) is 4.68. The number of nitrogens with one attached hydrogen (secondary N) is 1. The average Bonchev–Trinajstić information content (AvgIpc) is 2.97. The molecule has 0 aliphatic carbocycles. The molecule has 0 spiro atoms. The molecule has 2 rings (SSSR count). The molecule has 1 aliphatic heterocycles. The second-order valence-electron chi connectivity index (χ2n) is 4.68. The lowest BCUT2D eigenvalue weighted by Gasteiger charge is -2.15. The number of carboxylic acid groups (broad SMARTS) is 2. The van der Waals surface area contributed by atoms with E-state index in [1.54, 1.807) is 0 Å². The molecular formula is C14H13NO6-2. The molecule has 1 heterocycles. The van der Waals surface area contributed by atoms with Crippen LogP contribution in [0.1, 0.15) is 43.9 Å². The van der Waals surface area contributed by atoms with Crippen molar-refractivity contribution >= 4 is 17.8 Å². The van der Waals surface area contributed by atoms with Crippen molar-refractivity contribution in [3.8, 4) is 0 Å². The molecule has 0 unspecified atom stereocenters. The number of hydrogen-bond donors (Lipinski definition) is 1. The molecule has 1 aromatic carbocycles. The second kappa shape index (κ2) is 6.36. The van der Waals surface area contributed by atoms with Crippen LogP contribution in [-0.2, 0) is 4.74 Å². The molecule has 1 fully saturated rings. The van der Waals surface area contributed by atoms with Gasteiger partial charge in [0.1, 0.15) is 0 Å². The van der Waals surface area contributed by atoms with E-state index in [9.17, 15) is 24.6 Å². The Morgan fingerprint density at radius 1 is 1.19 bits per heavy atom. The van der Waals surface area contributed by atoms with Crippen molar-refractivity contribution in [3.05, 3.63) is 34.9 Å². The maximum absolute atomic E-state index is 12.0. The summed E-state index contributed by atoms with van der Waals surface area (Å²) in [7, 11) is 0. The van der Waals surface area contributed by atoms with Crippen LogP contribution in [0, 0.1) is 0 Å². The smallest absolute Gasteiger partial charge is 0.252 e. The predicted octanol–water partition coefficient (Wildman–Crippen LogP) is -1.68. The Kier molecular flexibility index (Phi) is 4.54. The molecule has 1 atom stereocenters. The molecule has 0 aromatic heterocycles. The first-order chi connectivity index (χ1) is 9.99. The molecule has 0 saturated carbocycles. The highest BCUT2D eigenvalue weighted by Crippen LogP contribution is 2.13. The molecule has 112 valence electrons. The number of amides is 1. The Labute approximate surface area is 120 Å². The number of aromatic carboxylic acids is 2. The van der Waals surface area contributed by atoms with E-state index in [1.807, 2.05) is 0 Å². The van der Waals surface area contributed by atoms with Crippen molar-refractivity contribution in [2.45, 2.75) is 18.9 Å². The third kappa shape index (κ3) is 3.57. The number of carbonyl (C=O) groups is 3. The van der Waals surface area contributed by atoms with Crippen molar-refractivity contribution in [1.82, 2.24) is 5.32 Å². The molecule has 1 N–H and O–H groups in total. The summed E-state index contributed by atoms with van der Waals surface area (Å²) in [4.78, 5) is 33.7. The first-order valence-electron chi connectivity index (χ1n) is 6.45. The van der Waals surface area contributed by atoms with Gasteiger partial charge in [-0.2, -0.15) is 0 Å². The van der Waals surface area contributed by atoms with E-state index in [-0.39, 0.29) is 23.8 Å². The van der Waals surface area contributed by atoms with Crippen molar-refractivity contribution in [2.75, 3.05) is 13.2 Å². The molecule has 0 radical (unpaired) electrons. The predicted molar refractivity (Wildman–Crippen MR) is 66.4 cm³/mol. The van der Waals surface area contributed by atoms with Crippen LogP contribution in [-0.4, -0.2) is 37.1 Å². The summed E-state index contributed by atoms with van der Waals surface area (Å²) in [5, 5.41) is 24.3. The van der Waals surface area contributed by atoms with Crippen molar-refractivity contribution in [2.24, 2.45) is 0 Å². The van der Waals surface area contributed by atoms with Crippen LogP contribution in [0.15, 0.2) is 18.2 Å². The van der Waals surface area contributed by atoms with Gasteiger partial charge in [-0.15, -0.1) is 0 Å². The summed E-state index contributed by atoms with van der Waals surface area (Å²) in [5.74, 6) is -3.77. The highest BCUT2D eigenvalue weighted by Gasteiger charge is 2.18. The van der Waals surface area contributed by atoms with Gasteiger partial charge in [0.15, 0.2) is 0 Å². The summed E-state index contributed by atoms with van der Waals surface area (Å²) < 4.78 is 5.34. The fraction of sp³-hybridized carbons (Fsp3) is 0.357. The van der Waals surface area contributed by atoms with E-state index in [0.717, 1.165) is 31.0 Å². The van der Waals surface area contributed by atoms with Gasteiger partial charge in [-0.1, -0.05) is 6.07 Å². The van der Waals surface area contributed by atoms with Crippen molar-refractivity contribution in [3.63, 3.8) is 0 Å². The number of benzene rings is 1. The summed E-state index contributed by atoms with van der Waals surface area (Å²) >= 11 is 0. The minimum Gasteiger partial charge on any atom is -0.545 e. The quantitative estimate of drug-likeness (QED) is 0.692. The summed E-state index contributed by atoms with van der Waals surface area (Å²) in [6.45, 7) is 0.915. The van der Waals surface area contributed by atoms with Crippen molar-refractivity contribution in [1.29, 1.82) is 0 Å². The van der Waals surface area contributed by atoms with E-state index in [1.165, 1.54) is 0 Å². The molecule has 1 amide bonds. The van der Waals surface area contributed by atoms with E-state index in [4.69, 9.17) is 4.74 Å². The lowest BCUT2D eigenvalue weighted by molar-refractivity contribution is -0.255. The molecule has 1 aromatic rings. The lowest BCUT2D eigenvalue weighted by atomic mass is 10.0. The van der Waals surface area contributed by atoms with E-state index in [0.29, 0.717) is 6.61 Å². The standard InChI is InChI=1S/C14H15NO6/c16-12(15-7-9-2-1-5-21-9)10-4-3-8(13(17)18)6-11(10)14(19)20/h3-4,6,9H,1-2,5,7H2,(H,15,16)(H,17,18)(H,19,20)/p-2/t9-/m1/s1. The topological polar surface area (TPSA) is 119 Å². The molecule has 1 saturated heterocycles. The zero-order valence-corrected chi connectivity index (χ0v) is 11.1. The maximum Gasteiger partial charge on any atom is 0.252 e. The van der Waals surface area contributed by atoms with Crippen LogP contribution in [0.2, 0.25) is 0 Å². The van der Waals surface area contributed by atoms with Gasteiger partial charge in [-0.05, 0) is 30.5 Å². The van der Waals surface area contributed by atoms with Crippen LogP contribution in [0.3, 0.4) is 0 Å². The van der Waals surface area contributed by atoms with Gasteiger partial charge in [0.25, 0.3) is 5.91 Å². The number of hydrogen-bond acceptors (Lipinski definition) is 6. The molecule has 7 nitrogen and oxygen atoms in total. The molecule has 0 bridgehead atoms. The molecule has 1 aliphatic rings. The summed E-state index contributed by atoms with van der Waals surface area (Å²) in [5.41, 5.74) is -0.968. The Balaban J connectivity index is 2.15. The molecular weight excluding hydrogens is 278 g/mol. The number of carboxylic acids is 2. The van der Waals surface area contributed by atoms with Crippen LogP contribution < -0.4 is 15.5 Å². The average molecular weight is 291 g/mol. The SMILES string of the molecule is O=C([O-])c1ccc(C(=O)NC[C@H]2CCCO2)c(C(=O)[O-])c1. The Morgan fingerprint density at radius 2 is 1.95 bits per heavy atom. The zero-order chi connectivity index (χ0) is 15.4. The minimum absolute atomic E-state index is 0.0807. The van der Waals surface area contributed by atoms with Gasteiger partial charge >= 0.3 is 0 Å². The third-order valence-electron chi connectivity index (χ3n) is 3.23. The molecule has 7 heteroatoms. The normalized spacial score (nSPS) is 17.4.